The summed E-state index contributed by atoms with van der Waals surface area (Å²) in [4.78, 5) is 3.77. The van der Waals surface area contributed by atoms with E-state index < -0.39 is 0 Å². The Hall–Kier alpha value is -1.40. The highest BCUT2D eigenvalue weighted by atomic mass is 16.3. The molecule has 0 fully saturated rings. The molecule has 0 atom stereocenters. The van der Waals surface area contributed by atoms with Gasteiger partial charge in [0.15, 0.2) is 0 Å². The van der Waals surface area contributed by atoms with E-state index in [-0.39, 0.29) is 5.76 Å². The van der Waals surface area contributed by atoms with Crippen molar-refractivity contribution in [2.24, 2.45) is 0 Å². The fourth-order valence-electron chi connectivity index (χ4n) is 0.514. The van der Waals surface area contributed by atoms with Crippen molar-refractivity contribution >= 4 is 5.76 Å². The van der Waals surface area contributed by atoms with Crippen molar-refractivity contribution in [2.75, 3.05) is 0 Å². The third kappa shape index (κ3) is 1.24. The molecule has 0 spiro atoms. The van der Waals surface area contributed by atoms with Crippen LogP contribution in [0.4, 0.5) is 0 Å². The number of aromatic nitrogens is 1. The Balaban J connectivity index is 2.98. The largest absolute Gasteiger partial charge is 0.469 e. The van der Waals surface area contributed by atoms with Crippen LogP contribution in [0.2, 0.25) is 0 Å². The highest BCUT2D eigenvalue weighted by Gasteiger charge is 2.05. The summed E-state index contributed by atoms with van der Waals surface area (Å²) >= 11 is 0. The lowest BCUT2D eigenvalue weighted by atomic mass is 10.3. The maximum Gasteiger partial charge on any atom is 0.366 e. The van der Waals surface area contributed by atoms with Gasteiger partial charge < -0.3 is 5.11 Å². The third-order valence-corrected chi connectivity index (χ3v) is 0.927. The van der Waals surface area contributed by atoms with Gasteiger partial charge in [-0.2, -0.15) is 4.98 Å². The Morgan fingerprint density at radius 2 is 2.33 bits per heavy atom. The lowest BCUT2D eigenvalue weighted by molar-refractivity contribution is 0.509. The van der Waals surface area contributed by atoms with Gasteiger partial charge in [0.2, 0.25) is 0 Å². The van der Waals surface area contributed by atoms with Crippen molar-refractivity contribution in [3.05, 3.63) is 36.7 Å². The molecular weight excluding hydrogens is 114 g/mol. The van der Waals surface area contributed by atoms with Crippen LogP contribution in [0.1, 0.15) is 5.69 Å². The SMILES string of the molecule is [CH+]=C(O)c1ccccn1. The van der Waals surface area contributed by atoms with E-state index in [1.807, 2.05) is 0 Å². The minimum atomic E-state index is -0.240. The first-order chi connectivity index (χ1) is 4.30. The van der Waals surface area contributed by atoms with Crippen molar-refractivity contribution in [3.8, 4) is 0 Å². The van der Waals surface area contributed by atoms with Gasteiger partial charge in [0, 0.05) is 0 Å². The molecule has 0 aliphatic heterocycles. The zero-order chi connectivity index (χ0) is 6.69. The first-order valence-corrected chi connectivity index (χ1v) is 2.53. The molecule has 2 nitrogen and oxygen atoms in total. The van der Waals surface area contributed by atoms with Crippen LogP contribution in [0.15, 0.2) is 24.4 Å². The molecule has 1 heterocycles. The summed E-state index contributed by atoms with van der Waals surface area (Å²) in [5.41, 5.74) is 0.414. The minimum Gasteiger partial charge on any atom is -0.469 e. The van der Waals surface area contributed by atoms with E-state index in [9.17, 15) is 0 Å². The normalized spacial score (nSPS) is 8.78. The molecule has 0 saturated carbocycles. The van der Waals surface area contributed by atoms with E-state index in [1.165, 1.54) is 0 Å². The van der Waals surface area contributed by atoms with Crippen molar-refractivity contribution in [1.29, 1.82) is 0 Å². The van der Waals surface area contributed by atoms with Crippen LogP contribution in [0, 0.1) is 6.58 Å². The summed E-state index contributed by atoms with van der Waals surface area (Å²) < 4.78 is 0. The van der Waals surface area contributed by atoms with Gasteiger partial charge in [-0.15, -0.1) is 0 Å². The topological polar surface area (TPSA) is 33.1 Å². The predicted octanol–water partition coefficient (Wildman–Crippen LogP) is 1.41. The molecule has 0 amide bonds. The standard InChI is InChI=1S/C7H5NO/c1-6(9)7-4-2-3-5-8-7/h1-5H/p+1. The third-order valence-electron chi connectivity index (χ3n) is 0.927. The van der Waals surface area contributed by atoms with Crippen molar-refractivity contribution in [1.82, 2.24) is 4.98 Å². The number of hydrogen-bond acceptors (Lipinski definition) is 2. The Labute approximate surface area is 53.5 Å². The molecule has 44 valence electrons. The van der Waals surface area contributed by atoms with Gasteiger partial charge in [0.1, 0.15) is 0 Å². The van der Waals surface area contributed by atoms with Crippen LogP contribution in [0.3, 0.4) is 0 Å². The van der Waals surface area contributed by atoms with Gasteiger partial charge in [-0.25, -0.2) is 0 Å². The molecule has 0 unspecified atom stereocenters. The fraction of sp³-hybridized carbons (Fsp3) is 0. The lowest BCUT2D eigenvalue weighted by Gasteiger charge is -1.80. The van der Waals surface area contributed by atoms with Crippen molar-refractivity contribution < 1.29 is 5.11 Å². The molecule has 1 rings (SSSR count). The van der Waals surface area contributed by atoms with Crippen LogP contribution in [-0.2, 0) is 0 Å². The summed E-state index contributed by atoms with van der Waals surface area (Å²) in [6.07, 6.45) is 1.57. The van der Waals surface area contributed by atoms with Gasteiger partial charge in [-0.05, 0) is 12.1 Å². The van der Waals surface area contributed by atoms with Gasteiger partial charge in [-0.1, -0.05) is 0 Å². The summed E-state index contributed by atoms with van der Waals surface area (Å²) in [5.74, 6) is -0.240. The lowest BCUT2D eigenvalue weighted by Crippen LogP contribution is -1.83. The van der Waals surface area contributed by atoms with Crippen molar-refractivity contribution in [2.45, 2.75) is 0 Å². The number of aliphatic hydroxyl groups is 1. The van der Waals surface area contributed by atoms with E-state index in [4.69, 9.17) is 11.7 Å². The average Bonchev–Trinajstić information content (AvgIpc) is 1.90. The molecule has 2 heteroatoms. The van der Waals surface area contributed by atoms with Crippen LogP contribution >= 0.6 is 0 Å². The second kappa shape index (κ2) is 2.25. The smallest absolute Gasteiger partial charge is 0.366 e. The monoisotopic (exact) mass is 120 g/mol. The molecular formula is C7H6NO+. The van der Waals surface area contributed by atoms with Gasteiger partial charge in [0.05, 0.1) is 18.8 Å². The molecule has 0 aromatic carbocycles. The van der Waals surface area contributed by atoms with Gasteiger partial charge >= 0.3 is 5.76 Å². The summed E-state index contributed by atoms with van der Waals surface area (Å²) in [6.45, 7) is 5.02. The van der Waals surface area contributed by atoms with Gasteiger partial charge in [-0.3, -0.25) is 0 Å². The van der Waals surface area contributed by atoms with Crippen LogP contribution < -0.4 is 0 Å². The van der Waals surface area contributed by atoms with Crippen LogP contribution in [0.5, 0.6) is 0 Å². The van der Waals surface area contributed by atoms with Crippen molar-refractivity contribution in [3.63, 3.8) is 0 Å². The predicted molar refractivity (Wildman–Crippen MR) is 34.6 cm³/mol. The second-order valence-corrected chi connectivity index (χ2v) is 1.60. The zero-order valence-corrected chi connectivity index (χ0v) is 4.78. The maximum absolute atomic E-state index is 8.66. The van der Waals surface area contributed by atoms with E-state index in [0.29, 0.717) is 5.69 Å². The Kier molecular flexibility index (Phi) is 1.43. The number of nitrogens with zero attached hydrogens (tertiary/aromatic N) is 1. The summed E-state index contributed by atoms with van der Waals surface area (Å²) in [7, 11) is 0. The quantitative estimate of drug-likeness (QED) is 0.449. The maximum atomic E-state index is 8.66. The number of hydrogen-bond donors (Lipinski definition) is 1. The first kappa shape index (κ1) is 5.73. The summed E-state index contributed by atoms with van der Waals surface area (Å²) in [6, 6.07) is 5.15. The molecule has 1 aromatic rings. The first-order valence-electron chi connectivity index (χ1n) is 2.53. The minimum absolute atomic E-state index is 0.240. The van der Waals surface area contributed by atoms with Crippen LogP contribution in [-0.4, -0.2) is 10.1 Å². The summed E-state index contributed by atoms with van der Waals surface area (Å²) in [5, 5.41) is 8.66. The van der Waals surface area contributed by atoms with Crippen LogP contribution in [0.25, 0.3) is 5.76 Å². The zero-order valence-electron chi connectivity index (χ0n) is 4.78. The molecule has 1 aromatic heterocycles. The molecule has 0 bridgehead atoms. The fourth-order valence-corrected chi connectivity index (χ4v) is 0.514. The number of pyridine rings is 1. The number of rotatable bonds is 1. The van der Waals surface area contributed by atoms with E-state index >= 15 is 0 Å². The highest BCUT2D eigenvalue weighted by Crippen LogP contribution is 2.01. The molecule has 0 saturated heterocycles. The van der Waals surface area contributed by atoms with E-state index in [1.54, 1.807) is 24.4 Å². The molecule has 0 aliphatic carbocycles. The average molecular weight is 120 g/mol. The Morgan fingerprint density at radius 1 is 1.56 bits per heavy atom. The highest BCUT2D eigenvalue weighted by molar-refractivity contribution is 5.49. The van der Waals surface area contributed by atoms with Gasteiger partial charge in [0.25, 0.3) is 5.69 Å². The second-order valence-electron chi connectivity index (χ2n) is 1.60. The van der Waals surface area contributed by atoms with E-state index in [2.05, 4.69) is 4.98 Å². The molecule has 0 aliphatic rings. The molecule has 9 heavy (non-hydrogen) atoms. The molecule has 0 radical (unpaired) electrons. The number of aliphatic hydroxyl groups excluding tert-OH is 1. The van der Waals surface area contributed by atoms with E-state index in [0.717, 1.165) is 0 Å². The Morgan fingerprint density at radius 3 is 2.67 bits per heavy atom. The Bertz CT molecular complexity index is 205. The molecule has 1 N–H and O–H groups in total.